The van der Waals surface area contributed by atoms with Crippen molar-refractivity contribution >= 4 is 23.3 Å². The number of rotatable bonds is 2. The number of hydrogen-bond acceptors (Lipinski definition) is 0. The molecule has 0 fully saturated rings. The van der Waals surface area contributed by atoms with Gasteiger partial charge in [-0.05, 0) is 0 Å². The van der Waals surface area contributed by atoms with E-state index in [1.165, 1.54) is 7.27 Å². The molecule has 0 rings (SSSR count). The summed E-state index contributed by atoms with van der Waals surface area (Å²) < 4.78 is 14.6. The van der Waals surface area contributed by atoms with E-state index in [1.807, 2.05) is 0 Å². The van der Waals surface area contributed by atoms with Crippen molar-refractivity contribution in [3.8, 4) is 0 Å². The normalized spacial score (nSPS) is 8.33. The Hall–Kier alpha value is 0.332. The minimum atomic E-state index is -2.72. The molecule has 0 heterocycles. The van der Waals surface area contributed by atoms with Crippen LogP contribution in [0.15, 0.2) is 20.4 Å². The Labute approximate surface area is 46.4 Å². The average Bonchev–Trinajstić information content (AvgIpc) is 1.65. The third kappa shape index (κ3) is 2.56. The third-order valence-corrected chi connectivity index (χ3v) is 3.42. The zero-order valence-corrected chi connectivity index (χ0v) is 7.33. The van der Waals surface area contributed by atoms with E-state index in [1.54, 1.807) is 0 Å². The van der Waals surface area contributed by atoms with Gasteiger partial charge in [0.05, 0.1) is 0 Å². The summed E-state index contributed by atoms with van der Waals surface area (Å²) in [5.74, 6) is 0. The van der Waals surface area contributed by atoms with E-state index < -0.39 is 23.3 Å². The summed E-state index contributed by atoms with van der Waals surface area (Å²) in [6, 6.07) is 0. The second kappa shape index (κ2) is 3.52. The van der Waals surface area contributed by atoms with E-state index >= 15 is 0 Å². The van der Waals surface area contributed by atoms with Crippen LogP contribution in [-0.4, -0.2) is 23.3 Å². The molecule has 0 aliphatic carbocycles. The van der Waals surface area contributed by atoms with Gasteiger partial charge < -0.3 is 0 Å². The van der Waals surface area contributed by atoms with Crippen LogP contribution < -0.4 is 0 Å². The van der Waals surface area contributed by atoms with Gasteiger partial charge in [0.25, 0.3) is 0 Å². The van der Waals surface area contributed by atoms with Crippen molar-refractivity contribution in [3.05, 3.63) is 20.4 Å². The van der Waals surface area contributed by atoms with Gasteiger partial charge in [0, 0.05) is 0 Å². The SMILES string of the molecule is C=[CH][Pb]([F])[CH]=C. The molecule has 0 nitrogen and oxygen atoms in total. The first-order chi connectivity index (χ1) is 2.81. The zero-order valence-electron chi connectivity index (χ0n) is 3.45. The molecule has 0 N–H and O–H groups in total. The molecule has 0 amide bonds. The van der Waals surface area contributed by atoms with Crippen LogP contribution in [0.1, 0.15) is 0 Å². The Balaban J connectivity index is 3.21. The first-order valence-corrected chi connectivity index (χ1v) is 7.54. The summed E-state index contributed by atoms with van der Waals surface area (Å²) in [6.07, 6.45) is 0. The second-order valence-corrected chi connectivity index (χ2v) is 6.96. The van der Waals surface area contributed by atoms with Crippen LogP contribution in [0, 0.1) is 0 Å². The fourth-order valence-electron chi connectivity index (χ4n) is 0.0833. The van der Waals surface area contributed by atoms with E-state index in [-0.39, 0.29) is 0 Å². The molecule has 0 aliphatic rings. The molecule has 0 aromatic rings. The Morgan fingerprint density at radius 2 is 1.67 bits per heavy atom. The van der Waals surface area contributed by atoms with Crippen LogP contribution in [-0.2, 0) is 0 Å². The molecule has 0 aliphatic heterocycles. The Morgan fingerprint density at radius 3 is 1.67 bits per heavy atom. The zero-order chi connectivity index (χ0) is 4.99. The van der Waals surface area contributed by atoms with Gasteiger partial charge in [-0.2, -0.15) is 0 Å². The average molecular weight is 280 g/mol. The third-order valence-electron chi connectivity index (χ3n) is 0.390. The van der Waals surface area contributed by atoms with Crippen LogP contribution in [0.4, 0.5) is 2.51 Å². The van der Waals surface area contributed by atoms with Crippen LogP contribution in [0.25, 0.3) is 0 Å². The van der Waals surface area contributed by atoms with Crippen molar-refractivity contribution in [1.29, 1.82) is 0 Å². The number of halogens is 1. The summed E-state index contributed by atoms with van der Waals surface area (Å²) in [5.41, 5.74) is 0. The Kier molecular flexibility index (Phi) is 3.71. The van der Waals surface area contributed by atoms with E-state index in [4.69, 9.17) is 0 Å². The van der Waals surface area contributed by atoms with Gasteiger partial charge in [-0.25, -0.2) is 0 Å². The molecular weight excluding hydrogens is 274 g/mol. The molecule has 0 bridgehead atoms. The second-order valence-electron chi connectivity index (χ2n) is 0.793. The summed E-state index contributed by atoms with van der Waals surface area (Å²) in [6.45, 7) is 6.56. The molecule has 0 aromatic heterocycles. The van der Waals surface area contributed by atoms with Gasteiger partial charge in [-0.1, -0.05) is 0 Å². The molecule has 0 saturated carbocycles. The van der Waals surface area contributed by atoms with E-state index in [0.717, 1.165) is 0 Å². The topological polar surface area (TPSA) is 0 Å². The Bertz CT molecular complexity index is 52.6. The van der Waals surface area contributed by atoms with Crippen molar-refractivity contribution in [2.45, 2.75) is 0 Å². The van der Waals surface area contributed by atoms with Crippen molar-refractivity contribution in [1.82, 2.24) is 0 Å². The first kappa shape index (κ1) is 6.33. The molecule has 0 spiro atoms. The first-order valence-electron chi connectivity index (χ1n) is 1.58. The Morgan fingerprint density at radius 1 is 1.33 bits per heavy atom. The van der Waals surface area contributed by atoms with E-state index in [2.05, 4.69) is 13.2 Å². The van der Waals surface area contributed by atoms with Crippen LogP contribution in [0.3, 0.4) is 0 Å². The van der Waals surface area contributed by atoms with E-state index in [0.29, 0.717) is 0 Å². The molecule has 1 radical (unpaired) electrons. The van der Waals surface area contributed by atoms with Gasteiger partial charge in [0.15, 0.2) is 0 Å². The van der Waals surface area contributed by atoms with Gasteiger partial charge >= 0.3 is 46.3 Å². The van der Waals surface area contributed by atoms with Crippen molar-refractivity contribution in [3.63, 3.8) is 0 Å². The predicted octanol–water partition coefficient (Wildman–Crippen LogP) is 1.40. The molecule has 0 aromatic carbocycles. The molecule has 6 heavy (non-hydrogen) atoms. The monoisotopic (exact) mass is 281 g/mol. The van der Waals surface area contributed by atoms with Crippen molar-refractivity contribution < 1.29 is 2.51 Å². The maximum absolute atomic E-state index is 11.8. The van der Waals surface area contributed by atoms with Crippen LogP contribution >= 0.6 is 0 Å². The predicted molar refractivity (Wildman–Crippen MR) is 27.3 cm³/mol. The van der Waals surface area contributed by atoms with Crippen LogP contribution in [0.2, 0.25) is 0 Å². The molecule has 0 saturated heterocycles. The summed E-state index contributed by atoms with van der Waals surface area (Å²) in [5, 5.41) is 0. The maximum atomic E-state index is 11.8. The molecule has 2 heteroatoms. The summed E-state index contributed by atoms with van der Waals surface area (Å²) in [4.78, 5) is 0. The summed E-state index contributed by atoms with van der Waals surface area (Å²) >= 11 is -2.72. The van der Waals surface area contributed by atoms with Gasteiger partial charge in [-0.3, -0.25) is 0 Å². The van der Waals surface area contributed by atoms with Gasteiger partial charge in [-0.15, -0.1) is 0 Å². The van der Waals surface area contributed by atoms with E-state index in [9.17, 15) is 2.51 Å². The van der Waals surface area contributed by atoms with Gasteiger partial charge in [0.1, 0.15) is 0 Å². The molecular formula is C4H6FPb. The molecule has 0 unspecified atom stereocenters. The molecule has 33 valence electrons. The minimum absolute atomic E-state index is 1.40. The fourth-order valence-corrected chi connectivity index (χ4v) is 0.731. The van der Waals surface area contributed by atoms with Crippen molar-refractivity contribution in [2.24, 2.45) is 0 Å². The summed E-state index contributed by atoms with van der Waals surface area (Å²) in [7, 11) is 0. The fraction of sp³-hybridized carbons (Fsp3) is 0. The quantitative estimate of drug-likeness (QED) is 0.671. The van der Waals surface area contributed by atoms with Crippen LogP contribution in [0.5, 0.6) is 0 Å². The van der Waals surface area contributed by atoms with Crippen molar-refractivity contribution in [2.75, 3.05) is 0 Å². The number of hydrogen-bond donors (Lipinski definition) is 0. The van der Waals surface area contributed by atoms with Gasteiger partial charge in [0.2, 0.25) is 0 Å². The molecule has 0 atom stereocenters. The standard InChI is InChI=1S/2C2H3.FH.Pb/c2*1-2;;/h2*1H,2H2;1H;/q;;;+1/p-1.